The van der Waals surface area contributed by atoms with E-state index in [0.717, 1.165) is 16.7 Å². The lowest BCUT2D eigenvalue weighted by atomic mass is 10.2. The van der Waals surface area contributed by atoms with Crippen molar-refractivity contribution < 1.29 is 19.0 Å². The van der Waals surface area contributed by atoms with E-state index in [1.165, 1.54) is 0 Å². The van der Waals surface area contributed by atoms with E-state index in [1.54, 1.807) is 0 Å². The number of aromatic nitrogens is 3. The number of benzene rings is 1. The second kappa shape index (κ2) is 10.8. The number of nitrogens with one attached hydrogen (secondary N) is 2. The first kappa shape index (κ1) is 25.4. The van der Waals surface area contributed by atoms with Gasteiger partial charge in [-0.25, -0.2) is 19.4 Å². The molecular weight excluding hydrogens is 436 g/mol. The van der Waals surface area contributed by atoms with Crippen LogP contribution in [0.15, 0.2) is 18.2 Å². The number of carbonyl (C=O) groups excluding carboxylic acids is 1. The van der Waals surface area contributed by atoms with Crippen LogP contribution in [0.5, 0.6) is 5.75 Å². The van der Waals surface area contributed by atoms with Crippen molar-refractivity contribution in [1.82, 2.24) is 20.0 Å². The summed E-state index contributed by atoms with van der Waals surface area (Å²) in [7, 11) is 0. The van der Waals surface area contributed by atoms with E-state index in [0.29, 0.717) is 55.4 Å². The molecule has 0 aliphatic carbocycles. The zero-order chi connectivity index (χ0) is 24.9. The molecule has 0 bridgehead atoms. The second-order valence-corrected chi connectivity index (χ2v) is 9.29. The van der Waals surface area contributed by atoms with Crippen LogP contribution in [-0.2, 0) is 16.1 Å². The molecule has 0 fully saturated rings. The van der Waals surface area contributed by atoms with E-state index < -0.39 is 11.7 Å². The van der Waals surface area contributed by atoms with E-state index in [9.17, 15) is 4.79 Å². The summed E-state index contributed by atoms with van der Waals surface area (Å²) in [5, 5.41) is 3.63. The highest BCUT2D eigenvalue weighted by Crippen LogP contribution is 2.30. The normalized spacial score (nSPS) is 11.9. The van der Waals surface area contributed by atoms with Gasteiger partial charge in [0.25, 0.3) is 0 Å². The van der Waals surface area contributed by atoms with Gasteiger partial charge in [-0.05, 0) is 60.1 Å². The number of nitrogens with two attached hydrogens (primary N) is 1. The number of nitrogen functional groups attached to an aromatic ring is 1. The van der Waals surface area contributed by atoms with Gasteiger partial charge >= 0.3 is 6.09 Å². The van der Waals surface area contributed by atoms with Gasteiger partial charge in [-0.2, -0.15) is 0 Å². The zero-order valence-corrected chi connectivity index (χ0v) is 20.9. The van der Waals surface area contributed by atoms with Crippen LogP contribution in [-0.4, -0.2) is 52.1 Å². The summed E-state index contributed by atoms with van der Waals surface area (Å²) >= 11 is 0. The van der Waals surface area contributed by atoms with E-state index in [-0.39, 0.29) is 6.04 Å². The quantitative estimate of drug-likeness (QED) is 0.379. The lowest BCUT2D eigenvalue weighted by molar-refractivity contribution is 0.0525. The number of pyridine rings is 1. The van der Waals surface area contributed by atoms with E-state index in [2.05, 4.69) is 29.6 Å². The summed E-state index contributed by atoms with van der Waals surface area (Å²) in [6, 6.07) is 5.90. The average Bonchev–Trinajstić information content (AvgIpc) is 3.09. The maximum atomic E-state index is 11.7. The Balaban J connectivity index is 1.76. The lowest BCUT2D eigenvalue weighted by Crippen LogP contribution is -2.33. The minimum absolute atomic E-state index is 0.180. The Hall–Kier alpha value is -3.27. The molecule has 0 atom stereocenters. The molecule has 1 amide bonds. The van der Waals surface area contributed by atoms with Gasteiger partial charge in [0.05, 0.1) is 12.1 Å². The van der Waals surface area contributed by atoms with Crippen molar-refractivity contribution in [1.29, 1.82) is 0 Å². The molecule has 0 aliphatic rings. The Morgan fingerprint density at radius 3 is 2.68 bits per heavy atom. The molecule has 2 aromatic heterocycles. The molecule has 2 heterocycles. The zero-order valence-electron chi connectivity index (χ0n) is 20.9. The molecule has 0 unspecified atom stereocenters. The van der Waals surface area contributed by atoms with E-state index >= 15 is 0 Å². The fourth-order valence-electron chi connectivity index (χ4n) is 3.42. The third-order valence-corrected chi connectivity index (χ3v) is 4.74. The number of carbonyl (C=O) groups is 1. The predicted octanol–water partition coefficient (Wildman–Crippen LogP) is 3.95. The van der Waals surface area contributed by atoms with Crippen molar-refractivity contribution in [3.8, 4) is 5.75 Å². The molecule has 0 saturated heterocycles. The van der Waals surface area contributed by atoms with Crippen LogP contribution in [0.2, 0.25) is 0 Å². The SMILES string of the molecule is CCOCc1nc2c(N)nc3cc(OCCCNC(=O)OC(C)(C)C)ccc3c2n1NC(C)C. The maximum absolute atomic E-state index is 11.7. The number of fused-ring (bicyclic) bond motifs is 3. The van der Waals surface area contributed by atoms with E-state index in [4.69, 9.17) is 24.9 Å². The molecule has 10 heteroatoms. The highest BCUT2D eigenvalue weighted by Gasteiger charge is 2.19. The van der Waals surface area contributed by atoms with Gasteiger partial charge in [0.2, 0.25) is 0 Å². The van der Waals surface area contributed by atoms with Crippen LogP contribution in [0.4, 0.5) is 10.6 Å². The number of hydrogen-bond acceptors (Lipinski definition) is 8. The smallest absolute Gasteiger partial charge is 0.407 e. The molecule has 186 valence electrons. The molecule has 10 nitrogen and oxygen atoms in total. The van der Waals surface area contributed by atoms with Gasteiger partial charge in [-0.15, -0.1) is 0 Å². The van der Waals surface area contributed by atoms with Crippen molar-refractivity contribution >= 4 is 33.8 Å². The fraction of sp³-hybridized carbons (Fsp3) is 0.542. The first-order valence-electron chi connectivity index (χ1n) is 11.6. The second-order valence-electron chi connectivity index (χ2n) is 9.29. The van der Waals surface area contributed by atoms with Gasteiger partial charge < -0.3 is 30.7 Å². The van der Waals surface area contributed by atoms with Gasteiger partial charge in [0.15, 0.2) is 11.6 Å². The number of ether oxygens (including phenoxy) is 3. The minimum Gasteiger partial charge on any atom is -0.493 e. The predicted molar refractivity (Wildman–Crippen MR) is 134 cm³/mol. The Morgan fingerprint density at radius 1 is 1.24 bits per heavy atom. The molecule has 0 saturated carbocycles. The molecule has 3 rings (SSSR count). The summed E-state index contributed by atoms with van der Waals surface area (Å²) in [5.74, 6) is 1.76. The maximum Gasteiger partial charge on any atom is 0.407 e. The highest BCUT2D eigenvalue weighted by molar-refractivity contribution is 6.07. The molecule has 0 spiro atoms. The van der Waals surface area contributed by atoms with Crippen LogP contribution in [0, 0.1) is 0 Å². The number of amides is 1. The summed E-state index contributed by atoms with van der Waals surface area (Å²) in [4.78, 5) is 21.0. The topological polar surface area (TPSA) is 126 Å². The first-order chi connectivity index (χ1) is 16.1. The van der Waals surface area contributed by atoms with E-state index in [1.807, 2.05) is 50.6 Å². The van der Waals surface area contributed by atoms with Crippen molar-refractivity contribution in [2.24, 2.45) is 0 Å². The van der Waals surface area contributed by atoms with Crippen LogP contribution in [0.1, 0.15) is 53.8 Å². The van der Waals surface area contributed by atoms with Crippen LogP contribution in [0.25, 0.3) is 21.9 Å². The average molecular weight is 473 g/mol. The molecule has 34 heavy (non-hydrogen) atoms. The van der Waals surface area contributed by atoms with Gasteiger partial charge in [0, 0.05) is 30.6 Å². The van der Waals surface area contributed by atoms with Crippen LogP contribution < -0.4 is 21.2 Å². The van der Waals surface area contributed by atoms with Gasteiger partial charge in [0.1, 0.15) is 29.0 Å². The molecule has 0 radical (unpaired) electrons. The molecular formula is C24H36N6O4. The number of nitrogens with zero attached hydrogens (tertiary/aromatic N) is 3. The number of imidazole rings is 1. The van der Waals surface area contributed by atoms with Crippen LogP contribution in [0.3, 0.4) is 0 Å². The third kappa shape index (κ3) is 6.40. The Bertz CT molecular complexity index is 1140. The molecule has 1 aromatic carbocycles. The summed E-state index contributed by atoms with van der Waals surface area (Å²) in [6.45, 7) is 13.4. The van der Waals surface area contributed by atoms with Crippen LogP contribution >= 0.6 is 0 Å². The monoisotopic (exact) mass is 472 g/mol. The number of alkyl carbamates (subject to hydrolysis) is 1. The summed E-state index contributed by atoms with van der Waals surface area (Å²) in [5.41, 5.74) is 11.4. The minimum atomic E-state index is -0.518. The number of anilines is 1. The summed E-state index contributed by atoms with van der Waals surface area (Å²) < 4.78 is 18.6. The lowest BCUT2D eigenvalue weighted by Gasteiger charge is -2.19. The highest BCUT2D eigenvalue weighted by atomic mass is 16.6. The number of rotatable bonds is 10. The standard InChI is InChI=1S/C24H36N6O4/c1-7-32-14-19-28-20-21(30(19)29-15(2)3)17-10-9-16(13-18(17)27-22(20)25)33-12-8-11-26-23(31)34-24(4,5)6/h9-10,13,15,29H,7-8,11-12,14H2,1-6H3,(H2,25,27)(H,26,31). The third-order valence-electron chi connectivity index (χ3n) is 4.74. The van der Waals surface area contributed by atoms with Crippen molar-refractivity contribution in [2.75, 3.05) is 30.9 Å². The van der Waals surface area contributed by atoms with Gasteiger partial charge in [-0.1, -0.05) is 0 Å². The van der Waals surface area contributed by atoms with Crippen molar-refractivity contribution in [3.63, 3.8) is 0 Å². The Kier molecular flexibility index (Phi) is 8.03. The fourth-order valence-corrected chi connectivity index (χ4v) is 3.42. The number of hydrogen-bond donors (Lipinski definition) is 3. The van der Waals surface area contributed by atoms with Crippen molar-refractivity contribution in [3.05, 3.63) is 24.0 Å². The van der Waals surface area contributed by atoms with Gasteiger partial charge in [-0.3, -0.25) is 0 Å². The molecule has 0 aliphatic heterocycles. The largest absolute Gasteiger partial charge is 0.493 e. The van der Waals surface area contributed by atoms with Crippen molar-refractivity contribution in [2.45, 2.75) is 66.2 Å². The Morgan fingerprint density at radius 2 is 2.00 bits per heavy atom. The molecule has 4 N–H and O–H groups in total. The molecule has 3 aromatic rings. The summed E-state index contributed by atoms with van der Waals surface area (Å²) in [6.07, 6.45) is 0.204. The first-order valence-corrected chi connectivity index (χ1v) is 11.6. The Labute approximate surface area is 200 Å².